The Morgan fingerprint density at radius 2 is 2.00 bits per heavy atom. The van der Waals surface area contributed by atoms with E-state index in [1.54, 1.807) is 26.2 Å². The van der Waals surface area contributed by atoms with Gasteiger partial charge in [-0.25, -0.2) is 14.8 Å². The molecule has 0 aliphatic rings. The molecule has 4 heterocycles. The fraction of sp³-hybridized carbons (Fsp3) is 0.292. The van der Waals surface area contributed by atoms with Gasteiger partial charge in [-0.15, -0.1) is 6.58 Å². The highest BCUT2D eigenvalue weighted by atomic mass is 16.5. The maximum atomic E-state index is 12.3. The van der Waals surface area contributed by atoms with Crippen molar-refractivity contribution in [2.75, 3.05) is 13.7 Å². The molecule has 4 aromatic heterocycles. The van der Waals surface area contributed by atoms with Crippen molar-refractivity contribution in [3.05, 3.63) is 59.9 Å². The summed E-state index contributed by atoms with van der Waals surface area (Å²) in [4.78, 5) is 22.0. The molecule has 0 spiro atoms. The highest BCUT2D eigenvalue weighted by Crippen LogP contribution is 2.32. The molecule has 4 aromatic rings. The summed E-state index contributed by atoms with van der Waals surface area (Å²) in [6.45, 7) is 10.7. The second-order valence-electron chi connectivity index (χ2n) is 7.24. The molecule has 0 saturated heterocycles. The van der Waals surface area contributed by atoms with Crippen molar-refractivity contribution in [3.8, 4) is 17.3 Å². The lowest BCUT2D eigenvalue weighted by Crippen LogP contribution is -2.07. The maximum Gasteiger partial charge on any atom is 0.338 e. The van der Waals surface area contributed by atoms with Crippen molar-refractivity contribution in [2.45, 2.75) is 33.7 Å². The quantitative estimate of drug-likeness (QED) is 0.324. The summed E-state index contributed by atoms with van der Waals surface area (Å²) in [6, 6.07) is 9.64. The van der Waals surface area contributed by atoms with E-state index < -0.39 is 5.97 Å². The van der Waals surface area contributed by atoms with Crippen LogP contribution in [0.2, 0.25) is 0 Å². The first-order chi connectivity index (χ1) is 15.0. The number of imidazole rings is 1. The van der Waals surface area contributed by atoms with Crippen LogP contribution in [0, 0.1) is 6.92 Å². The Hall–Kier alpha value is -3.61. The smallest absolute Gasteiger partial charge is 0.338 e. The Labute approximate surface area is 180 Å². The summed E-state index contributed by atoms with van der Waals surface area (Å²) >= 11 is 0. The molecule has 31 heavy (non-hydrogen) atoms. The van der Waals surface area contributed by atoms with E-state index in [1.165, 1.54) is 0 Å². The van der Waals surface area contributed by atoms with Gasteiger partial charge in [0.2, 0.25) is 0 Å². The highest BCUT2D eigenvalue weighted by molar-refractivity contribution is 5.91. The lowest BCUT2D eigenvalue weighted by atomic mass is 10.2. The lowest BCUT2D eigenvalue weighted by Gasteiger charge is -2.09. The number of carbonyl (C=O) groups is 1. The van der Waals surface area contributed by atoms with Gasteiger partial charge in [-0.3, -0.25) is 4.40 Å². The molecule has 0 amide bonds. The molecule has 7 nitrogen and oxygen atoms in total. The standard InChI is InChI=1S/C24H26N4O3/c1-6-11-27-19(12-16-9-10-18(7-2)25-23(16)27)22-15(4)28-20(26-22)13-17(14-21(28)30-5)24(29)31-8-3/h6,9-10,12-14H,1,7-8,11H2,2-5H3. The maximum absolute atomic E-state index is 12.3. The number of aryl methyl sites for hydroxylation is 2. The molecular formula is C24H26N4O3. The van der Waals surface area contributed by atoms with Gasteiger partial charge in [0, 0.05) is 23.7 Å². The van der Waals surface area contributed by atoms with Gasteiger partial charge in [0.05, 0.1) is 30.7 Å². The number of nitrogens with zero attached hydrogens (tertiary/aromatic N) is 4. The number of carbonyl (C=O) groups excluding carboxylic acids is 1. The molecule has 0 aliphatic heterocycles. The average molecular weight is 418 g/mol. The zero-order valence-electron chi connectivity index (χ0n) is 18.3. The van der Waals surface area contributed by atoms with Crippen molar-refractivity contribution in [1.29, 1.82) is 0 Å². The van der Waals surface area contributed by atoms with E-state index >= 15 is 0 Å². The Morgan fingerprint density at radius 3 is 2.68 bits per heavy atom. The third-order valence-corrected chi connectivity index (χ3v) is 5.36. The molecular weight excluding hydrogens is 392 g/mol. The first-order valence-electron chi connectivity index (χ1n) is 10.4. The summed E-state index contributed by atoms with van der Waals surface area (Å²) in [5.74, 6) is 0.122. The van der Waals surface area contributed by atoms with Gasteiger partial charge in [0.15, 0.2) is 5.88 Å². The van der Waals surface area contributed by atoms with Gasteiger partial charge in [-0.05, 0) is 44.5 Å². The van der Waals surface area contributed by atoms with E-state index in [-0.39, 0.29) is 0 Å². The molecule has 0 aromatic carbocycles. The summed E-state index contributed by atoms with van der Waals surface area (Å²) in [6.07, 6.45) is 2.72. The average Bonchev–Trinajstić information content (AvgIpc) is 3.30. The number of esters is 1. The van der Waals surface area contributed by atoms with Crippen molar-refractivity contribution < 1.29 is 14.3 Å². The van der Waals surface area contributed by atoms with E-state index in [2.05, 4.69) is 36.3 Å². The number of methoxy groups -OCH3 is 1. The van der Waals surface area contributed by atoms with Crippen LogP contribution in [0.1, 0.15) is 35.6 Å². The van der Waals surface area contributed by atoms with E-state index in [0.29, 0.717) is 30.2 Å². The van der Waals surface area contributed by atoms with Crippen LogP contribution in [0.4, 0.5) is 0 Å². The summed E-state index contributed by atoms with van der Waals surface area (Å²) in [5, 5.41) is 1.05. The van der Waals surface area contributed by atoms with Crippen LogP contribution < -0.4 is 4.74 Å². The van der Waals surface area contributed by atoms with E-state index in [0.717, 1.165) is 40.2 Å². The molecule has 0 aliphatic carbocycles. The molecule has 0 radical (unpaired) electrons. The van der Waals surface area contributed by atoms with Crippen molar-refractivity contribution in [3.63, 3.8) is 0 Å². The number of hydrogen-bond acceptors (Lipinski definition) is 5. The second-order valence-corrected chi connectivity index (χ2v) is 7.24. The predicted octanol–water partition coefficient (Wildman–Crippen LogP) is 4.59. The van der Waals surface area contributed by atoms with Crippen LogP contribution in [-0.4, -0.2) is 38.6 Å². The van der Waals surface area contributed by atoms with E-state index in [1.807, 2.05) is 17.4 Å². The highest BCUT2D eigenvalue weighted by Gasteiger charge is 2.21. The van der Waals surface area contributed by atoms with Crippen molar-refractivity contribution >= 4 is 22.6 Å². The lowest BCUT2D eigenvalue weighted by molar-refractivity contribution is 0.0526. The van der Waals surface area contributed by atoms with Crippen molar-refractivity contribution in [2.24, 2.45) is 0 Å². The molecule has 0 N–H and O–H groups in total. The fourth-order valence-electron chi connectivity index (χ4n) is 3.88. The summed E-state index contributed by atoms with van der Waals surface area (Å²) in [5.41, 5.74) is 5.62. The van der Waals surface area contributed by atoms with Crippen molar-refractivity contribution in [1.82, 2.24) is 18.9 Å². The second kappa shape index (κ2) is 8.26. The molecule has 160 valence electrons. The van der Waals surface area contributed by atoms with Gasteiger partial charge in [0.1, 0.15) is 17.0 Å². The SMILES string of the molecule is C=CCn1c(-c2nc3cc(C(=O)OCC)cc(OC)n3c2C)cc2ccc(CC)nc21. The van der Waals surface area contributed by atoms with Gasteiger partial charge in [-0.2, -0.15) is 0 Å². The molecule has 7 heteroatoms. The molecule has 0 bridgehead atoms. The van der Waals surface area contributed by atoms with Gasteiger partial charge >= 0.3 is 5.97 Å². The van der Waals surface area contributed by atoms with Gasteiger partial charge in [0.25, 0.3) is 0 Å². The van der Waals surface area contributed by atoms with Crippen LogP contribution >= 0.6 is 0 Å². The molecule has 0 fully saturated rings. The van der Waals surface area contributed by atoms with Crippen LogP contribution in [0.3, 0.4) is 0 Å². The Morgan fingerprint density at radius 1 is 1.19 bits per heavy atom. The Balaban J connectivity index is 1.97. The third-order valence-electron chi connectivity index (χ3n) is 5.36. The molecule has 0 atom stereocenters. The molecule has 0 unspecified atom stereocenters. The normalized spacial score (nSPS) is 11.2. The number of allylic oxidation sites excluding steroid dienone is 1. The summed E-state index contributed by atoms with van der Waals surface area (Å²) in [7, 11) is 1.58. The van der Waals surface area contributed by atoms with E-state index in [9.17, 15) is 4.79 Å². The molecule has 0 saturated carbocycles. The zero-order valence-corrected chi connectivity index (χ0v) is 18.3. The number of aromatic nitrogens is 4. The summed E-state index contributed by atoms with van der Waals surface area (Å²) < 4.78 is 14.8. The van der Waals surface area contributed by atoms with Crippen LogP contribution in [0.5, 0.6) is 5.88 Å². The first kappa shape index (κ1) is 20.7. The number of pyridine rings is 2. The van der Waals surface area contributed by atoms with Gasteiger partial charge < -0.3 is 14.0 Å². The monoisotopic (exact) mass is 418 g/mol. The van der Waals surface area contributed by atoms with Gasteiger partial charge in [-0.1, -0.05) is 13.0 Å². The zero-order chi connectivity index (χ0) is 22.1. The molecule has 4 rings (SSSR count). The van der Waals surface area contributed by atoms with Crippen LogP contribution in [0.25, 0.3) is 28.1 Å². The minimum atomic E-state index is -0.400. The topological polar surface area (TPSA) is 70.7 Å². The predicted molar refractivity (Wildman–Crippen MR) is 121 cm³/mol. The van der Waals surface area contributed by atoms with Crippen LogP contribution in [-0.2, 0) is 17.7 Å². The number of rotatable bonds is 7. The fourth-order valence-corrected chi connectivity index (χ4v) is 3.88. The third kappa shape index (κ3) is 3.46. The Bertz CT molecular complexity index is 1300. The minimum Gasteiger partial charge on any atom is -0.482 e. The first-order valence-corrected chi connectivity index (χ1v) is 10.4. The van der Waals surface area contributed by atoms with Crippen LogP contribution in [0.15, 0.2) is 43.0 Å². The Kier molecular flexibility index (Phi) is 5.50. The van der Waals surface area contributed by atoms with E-state index in [4.69, 9.17) is 19.4 Å². The largest absolute Gasteiger partial charge is 0.482 e. The number of fused-ring (bicyclic) bond motifs is 2. The minimum absolute atomic E-state index is 0.305. The number of ether oxygens (including phenoxy) is 2. The number of hydrogen-bond donors (Lipinski definition) is 0.